The third kappa shape index (κ3) is 3.08. The van der Waals surface area contributed by atoms with Crippen molar-refractivity contribution < 1.29 is 4.79 Å². The first-order valence-corrected chi connectivity index (χ1v) is 6.35. The van der Waals surface area contributed by atoms with Gasteiger partial charge in [-0.3, -0.25) is 9.89 Å². The lowest BCUT2D eigenvalue weighted by atomic mass is 10.1. The molecule has 5 nitrogen and oxygen atoms in total. The number of carbonyl (C=O) groups excluding carboxylic acids is 1. The summed E-state index contributed by atoms with van der Waals surface area (Å²) in [5.41, 5.74) is 3.15. The Bertz CT molecular complexity index is 672. The SMILES string of the molecule is Cc1ccc(NC(=O)Cc2n[nH]c(=S)n2C)cc1C. The molecule has 1 amide bonds. The summed E-state index contributed by atoms with van der Waals surface area (Å²) in [5, 5.41) is 9.53. The molecule has 6 heteroatoms. The second kappa shape index (κ2) is 5.36. The second-order valence-corrected chi connectivity index (χ2v) is 4.91. The number of aryl methyl sites for hydroxylation is 2. The average Bonchev–Trinajstić information content (AvgIpc) is 2.66. The van der Waals surface area contributed by atoms with Gasteiger partial charge in [-0.25, -0.2) is 0 Å². The quantitative estimate of drug-likeness (QED) is 0.845. The van der Waals surface area contributed by atoms with Crippen LogP contribution in [-0.4, -0.2) is 20.7 Å². The number of rotatable bonds is 3. The lowest BCUT2D eigenvalue weighted by Crippen LogP contribution is -2.17. The van der Waals surface area contributed by atoms with E-state index in [0.717, 1.165) is 11.3 Å². The molecule has 1 aromatic carbocycles. The van der Waals surface area contributed by atoms with Crippen molar-refractivity contribution in [1.29, 1.82) is 0 Å². The number of aromatic amines is 1. The molecule has 19 heavy (non-hydrogen) atoms. The Labute approximate surface area is 116 Å². The van der Waals surface area contributed by atoms with E-state index in [1.54, 1.807) is 11.6 Å². The van der Waals surface area contributed by atoms with Crippen LogP contribution in [0.4, 0.5) is 5.69 Å². The van der Waals surface area contributed by atoms with Crippen molar-refractivity contribution in [3.63, 3.8) is 0 Å². The highest BCUT2D eigenvalue weighted by molar-refractivity contribution is 7.71. The van der Waals surface area contributed by atoms with Crippen molar-refractivity contribution in [2.24, 2.45) is 7.05 Å². The van der Waals surface area contributed by atoms with E-state index in [1.807, 2.05) is 32.0 Å². The highest BCUT2D eigenvalue weighted by atomic mass is 32.1. The largest absolute Gasteiger partial charge is 0.326 e. The van der Waals surface area contributed by atoms with Gasteiger partial charge in [-0.2, -0.15) is 5.10 Å². The number of benzene rings is 1. The topological polar surface area (TPSA) is 62.7 Å². The fraction of sp³-hybridized carbons (Fsp3) is 0.308. The van der Waals surface area contributed by atoms with E-state index in [-0.39, 0.29) is 12.3 Å². The molecule has 0 saturated heterocycles. The summed E-state index contributed by atoms with van der Waals surface area (Å²) < 4.78 is 2.20. The minimum atomic E-state index is -0.111. The second-order valence-electron chi connectivity index (χ2n) is 4.53. The molecule has 0 fully saturated rings. The van der Waals surface area contributed by atoms with Gasteiger partial charge in [0.1, 0.15) is 5.82 Å². The van der Waals surface area contributed by atoms with Crippen molar-refractivity contribution in [3.05, 3.63) is 39.9 Å². The van der Waals surface area contributed by atoms with E-state index in [0.29, 0.717) is 10.6 Å². The zero-order valence-corrected chi connectivity index (χ0v) is 12.0. The zero-order chi connectivity index (χ0) is 14.0. The van der Waals surface area contributed by atoms with Gasteiger partial charge < -0.3 is 9.88 Å². The van der Waals surface area contributed by atoms with Crippen molar-refractivity contribution in [3.8, 4) is 0 Å². The van der Waals surface area contributed by atoms with Crippen molar-refractivity contribution in [1.82, 2.24) is 14.8 Å². The number of anilines is 1. The number of hydrogen-bond donors (Lipinski definition) is 2. The van der Waals surface area contributed by atoms with Crippen LogP contribution < -0.4 is 5.32 Å². The Balaban J connectivity index is 2.07. The van der Waals surface area contributed by atoms with Gasteiger partial charge in [0.15, 0.2) is 4.77 Å². The lowest BCUT2D eigenvalue weighted by Gasteiger charge is -2.07. The number of carbonyl (C=O) groups is 1. The number of nitrogens with one attached hydrogen (secondary N) is 2. The average molecular weight is 276 g/mol. The molecular weight excluding hydrogens is 260 g/mol. The summed E-state index contributed by atoms with van der Waals surface area (Å²) in [6.07, 6.45) is 0.191. The van der Waals surface area contributed by atoms with Gasteiger partial charge >= 0.3 is 0 Å². The van der Waals surface area contributed by atoms with E-state index < -0.39 is 0 Å². The third-order valence-corrected chi connectivity index (χ3v) is 3.45. The zero-order valence-electron chi connectivity index (χ0n) is 11.2. The Morgan fingerprint density at radius 1 is 1.42 bits per heavy atom. The predicted octanol–water partition coefficient (Wildman–Crippen LogP) is 2.28. The van der Waals surface area contributed by atoms with Crippen LogP contribution in [0.15, 0.2) is 18.2 Å². The number of aromatic nitrogens is 3. The molecule has 0 aliphatic carbocycles. The first kappa shape index (κ1) is 13.5. The molecule has 2 N–H and O–H groups in total. The summed E-state index contributed by atoms with van der Waals surface area (Å²) in [4.78, 5) is 11.9. The van der Waals surface area contributed by atoms with Crippen LogP contribution >= 0.6 is 12.2 Å². The summed E-state index contributed by atoms with van der Waals surface area (Å²) in [6, 6.07) is 5.83. The van der Waals surface area contributed by atoms with Crippen molar-refractivity contribution in [2.45, 2.75) is 20.3 Å². The summed E-state index contributed by atoms with van der Waals surface area (Å²) in [6.45, 7) is 4.05. The molecule has 0 saturated carbocycles. The van der Waals surface area contributed by atoms with Gasteiger partial charge in [-0.15, -0.1) is 0 Å². The monoisotopic (exact) mass is 276 g/mol. The van der Waals surface area contributed by atoms with E-state index in [9.17, 15) is 4.79 Å². The molecule has 0 unspecified atom stereocenters. The molecule has 0 aliphatic rings. The van der Waals surface area contributed by atoms with Gasteiger partial charge in [0.2, 0.25) is 5.91 Å². The summed E-state index contributed by atoms with van der Waals surface area (Å²) >= 11 is 5.00. The maximum Gasteiger partial charge on any atom is 0.232 e. The van der Waals surface area contributed by atoms with Crippen LogP contribution in [0.5, 0.6) is 0 Å². The van der Waals surface area contributed by atoms with Crippen molar-refractivity contribution >= 4 is 23.8 Å². The summed E-state index contributed by atoms with van der Waals surface area (Å²) in [5.74, 6) is 0.506. The molecule has 0 radical (unpaired) electrons. The Kier molecular flexibility index (Phi) is 3.80. The molecule has 0 spiro atoms. The Hall–Kier alpha value is -1.95. The molecule has 0 bridgehead atoms. The maximum absolute atomic E-state index is 11.9. The minimum absolute atomic E-state index is 0.111. The highest BCUT2D eigenvalue weighted by Gasteiger charge is 2.09. The van der Waals surface area contributed by atoms with Crippen LogP contribution in [0.3, 0.4) is 0 Å². The molecule has 2 rings (SSSR count). The standard InChI is InChI=1S/C13H16N4OS/c1-8-4-5-10(6-9(8)2)14-12(18)7-11-15-16-13(19)17(11)3/h4-6H,7H2,1-3H3,(H,14,18)(H,16,19). The van der Waals surface area contributed by atoms with Crippen LogP contribution in [0.1, 0.15) is 17.0 Å². The van der Waals surface area contributed by atoms with Crippen LogP contribution in [0, 0.1) is 18.6 Å². The van der Waals surface area contributed by atoms with Gasteiger partial charge in [0, 0.05) is 12.7 Å². The first-order valence-electron chi connectivity index (χ1n) is 5.95. The fourth-order valence-corrected chi connectivity index (χ4v) is 1.86. The van der Waals surface area contributed by atoms with Gasteiger partial charge in [0.25, 0.3) is 0 Å². The normalized spacial score (nSPS) is 10.5. The molecule has 100 valence electrons. The van der Waals surface area contributed by atoms with E-state index in [1.165, 1.54) is 5.56 Å². The maximum atomic E-state index is 11.9. The fourth-order valence-electron chi connectivity index (χ4n) is 1.71. The third-order valence-electron chi connectivity index (χ3n) is 3.08. The van der Waals surface area contributed by atoms with Crippen LogP contribution in [-0.2, 0) is 18.3 Å². The lowest BCUT2D eigenvalue weighted by molar-refractivity contribution is -0.115. The van der Waals surface area contributed by atoms with Gasteiger partial charge in [-0.1, -0.05) is 6.07 Å². The van der Waals surface area contributed by atoms with Crippen molar-refractivity contribution in [2.75, 3.05) is 5.32 Å². The predicted molar refractivity (Wildman–Crippen MR) is 76.6 cm³/mol. The number of nitrogens with zero attached hydrogens (tertiary/aromatic N) is 2. The molecule has 0 atom stereocenters. The van der Waals surface area contributed by atoms with E-state index >= 15 is 0 Å². The van der Waals surface area contributed by atoms with Gasteiger partial charge in [0.05, 0.1) is 6.42 Å². The van der Waals surface area contributed by atoms with Crippen LogP contribution in [0.2, 0.25) is 0 Å². The molecule has 1 heterocycles. The first-order chi connectivity index (χ1) is 8.97. The highest BCUT2D eigenvalue weighted by Crippen LogP contribution is 2.14. The minimum Gasteiger partial charge on any atom is -0.326 e. The van der Waals surface area contributed by atoms with Crippen LogP contribution in [0.25, 0.3) is 0 Å². The summed E-state index contributed by atoms with van der Waals surface area (Å²) in [7, 11) is 1.78. The molecule has 0 aliphatic heterocycles. The molecule has 2 aromatic rings. The van der Waals surface area contributed by atoms with E-state index in [2.05, 4.69) is 15.5 Å². The van der Waals surface area contributed by atoms with Gasteiger partial charge in [-0.05, 0) is 49.3 Å². The number of H-pyrrole nitrogens is 1. The number of amides is 1. The molecule has 1 aromatic heterocycles. The Morgan fingerprint density at radius 3 is 2.74 bits per heavy atom. The van der Waals surface area contributed by atoms with E-state index in [4.69, 9.17) is 12.2 Å². The Morgan fingerprint density at radius 2 is 2.16 bits per heavy atom. The molecular formula is C13H16N4OS. The smallest absolute Gasteiger partial charge is 0.232 e. The number of hydrogen-bond acceptors (Lipinski definition) is 3.